The highest BCUT2D eigenvalue weighted by molar-refractivity contribution is 6.31. The summed E-state index contributed by atoms with van der Waals surface area (Å²) in [6, 6.07) is 24.1. The van der Waals surface area contributed by atoms with E-state index in [1.54, 1.807) is 24.4 Å². The average molecular weight is 425 g/mol. The van der Waals surface area contributed by atoms with Gasteiger partial charge >= 0.3 is 0 Å². The Morgan fingerprint density at radius 3 is 2.38 bits per heavy atom. The molecule has 4 nitrogen and oxygen atoms in total. The van der Waals surface area contributed by atoms with Crippen LogP contribution in [0.1, 0.15) is 22.7 Å². The Hall–Kier alpha value is -2.66. The van der Waals surface area contributed by atoms with Crippen LogP contribution in [-0.4, -0.2) is 23.2 Å². The minimum atomic E-state index is -0.620. The van der Waals surface area contributed by atoms with Crippen LogP contribution >= 0.6 is 23.2 Å². The van der Waals surface area contributed by atoms with E-state index in [1.165, 1.54) is 5.01 Å². The lowest BCUT2D eigenvalue weighted by molar-refractivity contribution is -0.176. The lowest BCUT2D eigenvalue weighted by Crippen LogP contribution is -2.57. The summed E-state index contributed by atoms with van der Waals surface area (Å²) >= 11 is 12.2. The third-order valence-corrected chi connectivity index (χ3v) is 5.13. The Balaban J connectivity index is 1.56. The number of β-lactam (4-membered cyclic amide) rings is 1. The quantitative estimate of drug-likeness (QED) is 0.387. The van der Waals surface area contributed by atoms with Gasteiger partial charge in [-0.1, -0.05) is 77.8 Å². The van der Waals surface area contributed by atoms with Crippen molar-refractivity contribution in [2.75, 3.05) is 0 Å². The predicted molar refractivity (Wildman–Crippen MR) is 115 cm³/mol. The van der Waals surface area contributed by atoms with E-state index in [2.05, 4.69) is 5.10 Å². The van der Waals surface area contributed by atoms with Crippen molar-refractivity contribution >= 4 is 35.3 Å². The van der Waals surface area contributed by atoms with Crippen molar-refractivity contribution in [2.24, 2.45) is 5.10 Å². The first-order valence-electron chi connectivity index (χ1n) is 9.15. The summed E-state index contributed by atoms with van der Waals surface area (Å²) in [5, 5.41) is 7.03. The van der Waals surface area contributed by atoms with Gasteiger partial charge in [0, 0.05) is 10.0 Å². The van der Waals surface area contributed by atoms with Crippen LogP contribution in [0.5, 0.6) is 0 Å². The number of rotatable bonds is 6. The molecule has 1 aliphatic heterocycles. The molecule has 0 N–H and O–H groups in total. The third-order valence-electron chi connectivity index (χ3n) is 4.66. The summed E-state index contributed by atoms with van der Waals surface area (Å²) < 4.78 is 5.96. The summed E-state index contributed by atoms with van der Waals surface area (Å²) in [4.78, 5) is 12.8. The van der Waals surface area contributed by atoms with Gasteiger partial charge in [-0.3, -0.25) is 4.79 Å². The highest BCUT2D eigenvalue weighted by Gasteiger charge is 2.49. The molecule has 1 aliphatic rings. The Bertz CT molecular complexity index is 1040. The molecule has 3 aromatic rings. The molecular formula is C23H18Cl2N2O2. The van der Waals surface area contributed by atoms with Gasteiger partial charge in [0.1, 0.15) is 6.04 Å². The molecule has 4 rings (SSSR count). The molecule has 29 heavy (non-hydrogen) atoms. The Morgan fingerprint density at radius 1 is 0.931 bits per heavy atom. The van der Waals surface area contributed by atoms with Crippen LogP contribution in [-0.2, 0) is 16.1 Å². The van der Waals surface area contributed by atoms with E-state index < -0.39 is 6.10 Å². The SMILES string of the molecule is O=C1[C@H](OCc2ccccc2)[C@H](c2cccc(Cl)c2)N1/N=C/c1cccc(Cl)c1. The molecule has 0 aliphatic carbocycles. The zero-order valence-corrected chi connectivity index (χ0v) is 16.9. The molecule has 1 fully saturated rings. The monoisotopic (exact) mass is 424 g/mol. The molecule has 2 atom stereocenters. The number of carbonyl (C=O) groups excluding carboxylic acids is 1. The van der Waals surface area contributed by atoms with Crippen molar-refractivity contribution in [2.45, 2.75) is 18.8 Å². The van der Waals surface area contributed by atoms with E-state index >= 15 is 0 Å². The molecule has 3 aromatic carbocycles. The van der Waals surface area contributed by atoms with Crippen LogP contribution in [0.25, 0.3) is 0 Å². The normalized spacial score (nSPS) is 18.8. The average Bonchev–Trinajstić information content (AvgIpc) is 2.72. The van der Waals surface area contributed by atoms with Crippen molar-refractivity contribution in [3.63, 3.8) is 0 Å². The van der Waals surface area contributed by atoms with Gasteiger partial charge < -0.3 is 4.74 Å². The molecule has 1 amide bonds. The summed E-state index contributed by atoms with van der Waals surface area (Å²) in [5.41, 5.74) is 2.69. The summed E-state index contributed by atoms with van der Waals surface area (Å²) in [5.74, 6) is -0.191. The van der Waals surface area contributed by atoms with Crippen molar-refractivity contribution in [3.8, 4) is 0 Å². The number of hydrogen-bond acceptors (Lipinski definition) is 3. The second kappa shape index (κ2) is 8.78. The smallest absolute Gasteiger partial charge is 0.275 e. The number of hydrazone groups is 1. The van der Waals surface area contributed by atoms with E-state index in [9.17, 15) is 4.79 Å². The Morgan fingerprint density at radius 2 is 1.66 bits per heavy atom. The van der Waals surface area contributed by atoms with Gasteiger partial charge in [-0.2, -0.15) is 5.10 Å². The van der Waals surface area contributed by atoms with Crippen LogP contribution in [0.2, 0.25) is 10.0 Å². The molecular weight excluding hydrogens is 407 g/mol. The van der Waals surface area contributed by atoms with E-state index in [1.807, 2.05) is 60.7 Å². The molecule has 0 saturated carbocycles. The van der Waals surface area contributed by atoms with Crippen LogP contribution in [0.3, 0.4) is 0 Å². The van der Waals surface area contributed by atoms with E-state index in [-0.39, 0.29) is 11.9 Å². The van der Waals surface area contributed by atoms with Gasteiger partial charge in [0.25, 0.3) is 5.91 Å². The van der Waals surface area contributed by atoms with E-state index in [0.29, 0.717) is 16.7 Å². The van der Waals surface area contributed by atoms with Gasteiger partial charge in [-0.25, -0.2) is 5.01 Å². The molecule has 1 heterocycles. The molecule has 0 radical (unpaired) electrons. The molecule has 6 heteroatoms. The Kier molecular flexibility index (Phi) is 5.95. The number of amides is 1. The minimum Gasteiger partial charge on any atom is -0.361 e. The maximum atomic E-state index is 12.8. The molecule has 0 aromatic heterocycles. The molecule has 146 valence electrons. The van der Waals surface area contributed by atoms with Gasteiger partial charge in [0.15, 0.2) is 6.10 Å². The second-order valence-corrected chi connectivity index (χ2v) is 7.57. The lowest BCUT2D eigenvalue weighted by Gasteiger charge is -2.43. The lowest BCUT2D eigenvalue weighted by atomic mass is 9.92. The fourth-order valence-electron chi connectivity index (χ4n) is 3.22. The largest absolute Gasteiger partial charge is 0.361 e. The minimum absolute atomic E-state index is 0.191. The van der Waals surface area contributed by atoms with E-state index in [4.69, 9.17) is 27.9 Å². The van der Waals surface area contributed by atoms with Crippen LogP contribution < -0.4 is 0 Å². The number of benzene rings is 3. The highest BCUT2D eigenvalue weighted by Crippen LogP contribution is 2.38. The standard InChI is InChI=1S/C23H18Cl2N2O2/c24-19-10-4-8-17(12-19)14-26-27-21(18-9-5-11-20(25)13-18)22(23(27)28)29-15-16-6-2-1-3-7-16/h1-14,21-22H,15H2/b26-14+/t21-,22+/m0/s1. The van der Waals surface area contributed by atoms with Crippen molar-refractivity contribution < 1.29 is 9.53 Å². The van der Waals surface area contributed by atoms with Crippen molar-refractivity contribution in [1.82, 2.24) is 5.01 Å². The van der Waals surface area contributed by atoms with Gasteiger partial charge in [0.2, 0.25) is 0 Å². The first-order valence-corrected chi connectivity index (χ1v) is 9.91. The molecule has 1 saturated heterocycles. The first kappa shape index (κ1) is 19.6. The van der Waals surface area contributed by atoms with Crippen LogP contribution in [0.4, 0.5) is 0 Å². The Labute approximate surface area is 179 Å². The fourth-order valence-corrected chi connectivity index (χ4v) is 3.62. The zero-order valence-electron chi connectivity index (χ0n) is 15.4. The van der Waals surface area contributed by atoms with Crippen molar-refractivity contribution in [1.29, 1.82) is 0 Å². The van der Waals surface area contributed by atoms with Crippen LogP contribution in [0, 0.1) is 0 Å². The third kappa shape index (κ3) is 4.51. The first-order chi connectivity index (χ1) is 14.1. The summed E-state index contributed by atoms with van der Waals surface area (Å²) in [6.45, 7) is 0.347. The molecule has 0 bridgehead atoms. The molecule has 0 spiro atoms. The highest BCUT2D eigenvalue weighted by atomic mass is 35.5. The number of halogens is 2. The van der Waals surface area contributed by atoms with Gasteiger partial charge in [-0.15, -0.1) is 0 Å². The topological polar surface area (TPSA) is 41.9 Å². The van der Waals surface area contributed by atoms with Crippen LogP contribution in [0.15, 0.2) is 84.0 Å². The van der Waals surface area contributed by atoms with Gasteiger partial charge in [0.05, 0.1) is 12.8 Å². The van der Waals surface area contributed by atoms with Crippen molar-refractivity contribution in [3.05, 3.63) is 106 Å². The summed E-state index contributed by atoms with van der Waals surface area (Å²) in [6.07, 6.45) is 1.000. The van der Waals surface area contributed by atoms with E-state index in [0.717, 1.165) is 16.7 Å². The number of hydrogen-bond donors (Lipinski definition) is 0. The summed E-state index contributed by atoms with van der Waals surface area (Å²) in [7, 11) is 0. The number of nitrogens with zero attached hydrogens (tertiary/aromatic N) is 2. The second-order valence-electron chi connectivity index (χ2n) is 6.70. The molecule has 0 unspecified atom stereocenters. The maximum absolute atomic E-state index is 12.8. The zero-order chi connectivity index (χ0) is 20.2. The van der Waals surface area contributed by atoms with Gasteiger partial charge in [-0.05, 0) is 41.0 Å². The maximum Gasteiger partial charge on any atom is 0.275 e. The number of carbonyl (C=O) groups is 1. The fraction of sp³-hybridized carbons (Fsp3) is 0.130. The number of ether oxygens (including phenoxy) is 1. The predicted octanol–water partition coefficient (Wildman–Crippen LogP) is 5.50.